The highest BCUT2D eigenvalue weighted by Gasteiger charge is 2.08. The molecule has 1 nitrogen and oxygen atoms in total. The molecule has 0 spiro atoms. The summed E-state index contributed by atoms with van der Waals surface area (Å²) in [7, 11) is 0. The molecule has 1 heteroatoms. The van der Waals surface area contributed by atoms with E-state index in [4.69, 9.17) is 0 Å². The van der Waals surface area contributed by atoms with Crippen molar-refractivity contribution in [2.24, 2.45) is 0 Å². The fourth-order valence-electron chi connectivity index (χ4n) is 3.14. The van der Waals surface area contributed by atoms with Crippen LogP contribution in [0, 0.1) is 0 Å². The zero-order valence-electron chi connectivity index (χ0n) is 14.4. The molecule has 0 saturated carbocycles. The van der Waals surface area contributed by atoms with Gasteiger partial charge in [-0.15, -0.1) is 0 Å². The zero-order chi connectivity index (χ0) is 17.6. The molecule has 0 unspecified atom stereocenters. The van der Waals surface area contributed by atoms with Gasteiger partial charge in [-0.2, -0.15) is 0 Å². The summed E-state index contributed by atoms with van der Waals surface area (Å²) in [5.74, 6) is 0. The molecule has 0 aliphatic heterocycles. The van der Waals surface area contributed by atoms with Crippen molar-refractivity contribution in [2.45, 2.75) is 0 Å². The first-order chi connectivity index (χ1) is 12.9. The summed E-state index contributed by atoms with van der Waals surface area (Å²) in [4.78, 5) is 4.17. The fraction of sp³-hybridized carbons (Fsp3) is 0. The smallest absolute Gasteiger partial charge is 0.0273 e. The molecular weight excluding hydrogens is 314 g/mol. The highest BCUT2D eigenvalue weighted by Crippen LogP contribution is 2.30. The summed E-state index contributed by atoms with van der Waals surface area (Å²) < 4.78 is 0. The molecule has 0 bridgehead atoms. The Hall–Kier alpha value is -3.45. The van der Waals surface area contributed by atoms with Gasteiger partial charge in [0.1, 0.15) is 0 Å². The Labute approximate surface area is 154 Å². The van der Waals surface area contributed by atoms with Crippen LogP contribution in [-0.4, -0.2) is 4.98 Å². The lowest BCUT2D eigenvalue weighted by Gasteiger charge is -2.11. The van der Waals surface area contributed by atoms with Gasteiger partial charge in [-0.1, -0.05) is 84.9 Å². The fourth-order valence-corrected chi connectivity index (χ4v) is 3.14. The van der Waals surface area contributed by atoms with Crippen LogP contribution in [0.4, 0.5) is 0 Å². The Morgan fingerprint density at radius 1 is 0.577 bits per heavy atom. The average molecular weight is 333 g/mol. The van der Waals surface area contributed by atoms with E-state index in [1.165, 1.54) is 27.8 Å². The number of nitrogens with zero attached hydrogens (tertiary/aromatic N) is 1. The molecule has 0 aliphatic carbocycles. The lowest BCUT2D eigenvalue weighted by atomic mass is 9.93. The van der Waals surface area contributed by atoms with E-state index in [2.05, 4.69) is 96.0 Å². The molecule has 1 heterocycles. The monoisotopic (exact) mass is 333 g/mol. The summed E-state index contributed by atoms with van der Waals surface area (Å²) in [6, 6.07) is 33.7. The normalized spacial score (nSPS) is 11.3. The lowest BCUT2D eigenvalue weighted by molar-refractivity contribution is 1.32. The van der Waals surface area contributed by atoms with Crippen LogP contribution in [0.3, 0.4) is 0 Å². The molecule has 3 aromatic carbocycles. The standard InChI is InChI=1S/C25H19N/c1-3-9-20(10-4-1)24-14-8-7-13-23(24)19-25(21-11-5-2-6-12-21)22-15-17-26-18-16-22/h1-19H. The number of benzene rings is 3. The predicted octanol–water partition coefficient (Wildman–Crippen LogP) is 6.34. The van der Waals surface area contributed by atoms with Crippen LogP contribution >= 0.6 is 0 Å². The third kappa shape index (κ3) is 3.47. The van der Waals surface area contributed by atoms with Crippen molar-refractivity contribution in [3.05, 3.63) is 126 Å². The van der Waals surface area contributed by atoms with Gasteiger partial charge in [0.25, 0.3) is 0 Å². The third-order valence-electron chi connectivity index (χ3n) is 4.42. The largest absolute Gasteiger partial charge is 0.265 e. The van der Waals surface area contributed by atoms with Crippen LogP contribution in [0.15, 0.2) is 109 Å². The second-order valence-electron chi connectivity index (χ2n) is 6.11. The summed E-state index contributed by atoms with van der Waals surface area (Å²) in [5.41, 5.74) is 7.21. The molecule has 124 valence electrons. The Morgan fingerprint density at radius 3 is 1.88 bits per heavy atom. The second-order valence-corrected chi connectivity index (χ2v) is 6.11. The van der Waals surface area contributed by atoms with Crippen LogP contribution in [0.5, 0.6) is 0 Å². The predicted molar refractivity (Wildman–Crippen MR) is 110 cm³/mol. The molecule has 0 aliphatic rings. The van der Waals surface area contributed by atoms with E-state index in [0.29, 0.717) is 0 Å². The molecule has 1 aromatic heterocycles. The summed E-state index contributed by atoms with van der Waals surface area (Å²) in [6.07, 6.45) is 5.96. The van der Waals surface area contributed by atoms with Gasteiger partial charge in [-0.25, -0.2) is 0 Å². The van der Waals surface area contributed by atoms with Crippen LogP contribution in [0.25, 0.3) is 22.8 Å². The molecule has 0 amide bonds. The van der Waals surface area contributed by atoms with E-state index in [-0.39, 0.29) is 0 Å². The molecule has 0 atom stereocenters. The van der Waals surface area contributed by atoms with Gasteiger partial charge in [0, 0.05) is 12.4 Å². The van der Waals surface area contributed by atoms with Crippen molar-refractivity contribution in [1.82, 2.24) is 4.98 Å². The SMILES string of the molecule is C(=C(c1ccccc1)c1ccncc1)c1ccccc1-c1ccccc1. The quantitative estimate of drug-likeness (QED) is 0.397. The molecule has 26 heavy (non-hydrogen) atoms. The number of pyridine rings is 1. The van der Waals surface area contributed by atoms with Crippen LogP contribution in [0.1, 0.15) is 16.7 Å². The second kappa shape index (κ2) is 7.62. The minimum absolute atomic E-state index is 1.16. The first kappa shape index (κ1) is 16.0. The Kier molecular flexibility index (Phi) is 4.70. The van der Waals surface area contributed by atoms with Gasteiger partial charge in [-0.3, -0.25) is 4.98 Å². The first-order valence-corrected chi connectivity index (χ1v) is 8.74. The molecule has 0 saturated heterocycles. The van der Waals surface area contributed by atoms with Gasteiger partial charge in [-0.05, 0) is 51.6 Å². The van der Waals surface area contributed by atoms with Crippen molar-refractivity contribution in [1.29, 1.82) is 0 Å². The molecule has 4 aromatic rings. The van der Waals surface area contributed by atoms with Crippen molar-refractivity contribution < 1.29 is 0 Å². The van der Waals surface area contributed by atoms with E-state index in [1.54, 1.807) is 0 Å². The maximum Gasteiger partial charge on any atom is 0.0273 e. The van der Waals surface area contributed by atoms with Crippen molar-refractivity contribution in [2.75, 3.05) is 0 Å². The summed E-state index contributed by atoms with van der Waals surface area (Å²) in [6.45, 7) is 0. The first-order valence-electron chi connectivity index (χ1n) is 8.74. The molecule has 0 radical (unpaired) electrons. The maximum absolute atomic E-state index is 4.17. The Balaban J connectivity index is 1.89. The van der Waals surface area contributed by atoms with E-state index in [1.807, 2.05) is 24.5 Å². The van der Waals surface area contributed by atoms with Gasteiger partial charge < -0.3 is 0 Å². The Bertz CT molecular complexity index is 962. The maximum atomic E-state index is 4.17. The summed E-state index contributed by atoms with van der Waals surface area (Å²) in [5, 5.41) is 0. The molecule has 4 rings (SSSR count). The van der Waals surface area contributed by atoms with E-state index in [9.17, 15) is 0 Å². The van der Waals surface area contributed by atoms with Crippen LogP contribution in [-0.2, 0) is 0 Å². The lowest BCUT2D eigenvalue weighted by Crippen LogP contribution is -1.90. The molecule has 0 N–H and O–H groups in total. The number of hydrogen-bond donors (Lipinski definition) is 0. The number of hydrogen-bond acceptors (Lipinski definition) is 1. The minimum Gasteiger partial charge on any atom is -0.265 e. The Morgan fingerprint density at radius 2 is 1.15 bits per heavy atom. The van der Waals surface area contributed by atoms with E-state index in [0.717, 1.165) is 5.56 Å². The average Bonchev–Trinajstić information content (AvgIpc) is 2.74. The number of rotatable bonds is 4. The van der Waals surface area contributed by atoms with Crippen molar-refractivity contribution in [3.63, 3.8) is 0 Å². The van der Waals surface area contributed by atoms with Gasteiger partial charge in [0.2, 0.25) is 0 Å². The minimum atomic E-state index is 1.16. The van der Waals surface area contributed by atoms with Gasteiger partial charge in [0.15, 0.2) is 0 Å². The van der Waals surface area contributed by atoms with E-state index < -0.39 is 0 Å². The summed E-state index contributed by atoms with van der Waals surface area (Å²) >= 11 is 0. The molecule has 0 fully saturated rings. The van der Waals surface area contributed by atoms with Gasteiger partial charge >= 0.3 is 0 Å². The molecular formula is C25H19N. The number of aromatic nitrogens is 1. The highest BCUT2D eigenvalue weighted by atomic mass is 14.6. The van der Waals surface area contributed by atoms with Crippen molar-refractivity contribution in [3.8, 4) is 11.1 Å². The zero-order valence-corrected chi connectivity index (χ0v) is 14.4. The third-order valence-corrected chi connectivity index (χ3v) is 4.42. The van der Waals surface area contributed by atoms with E-state index >= 15 is 0 Å². The van der Waals surface area contributed by atoms with Crippen LogP contribution < -0.4 is 0 Å². The van der Waals surface area contributed by atoms with Crippen LogP contribution in [0.2, 0.25) is 0 Å². The van der Waals surface area contributed by atoms with Crippen molar-refractivity contribution >= 4 is 11.6 Å². The highest BCUT2D eigenvalue weighted by molar-refractivity contribution is 5.94. The van der Waals surface area contributed by atoms with Gasteiger partial charge in [0.05, 0.1) is 0 Å². The topological polar surface area (TPSA) is 12.9 Å².